The van der Waals surface area contributed by atoms with Crippen LogP contribution in [0.15, 0.2) is 35.5 Å². The van der Waals surface area contributed by atoms with Gasteiger partial charge in [0.15, 0.2) is 0 Å². The van der Waals surface area contributed by atoms with Crippen molar-refractivity contribution in [1.82, 2.24) is 0 Å². The Morgan fingerprint density at radius 3 is 2.66 bits per heavy atom. The van der Waals surface area contributed by atoms with Crippen molar-refractivity contribution in [2.24, 2.45) is 23.2 Å². The fourth-order valence-electron chi connectivity index (χ4n) is 6.70. The molecule has 4 unspecified atom stereocenters. The maximum Gasteiger partial charge on any atom is 0.0787 e. The smallest absolute Gasteiger partial charge is 0.0787 e. The molecule has 0 aromatic heterocycles. The zero-order chi connectivity index (χ0) is 21.2. The van der Waals surface area contributed by atoms with E-state index in [-0.39, 0.29) is 6.10 Å². The largest absolute Gasteiger partial charge is 0.390 e. The van der Waals surface area contributed by atoms with Crippen LogP contribution in [0.1, 0.15) is 98.3 Å². The van der Waals surface area contributed by atoms with Gasteiger partial charge < -0.3 is 10.2 Å². The summed E-state index contributed by atoms with van der Waals surface area (Å²) in [6.45, 7) is 13.0. The van der Waals surface area contributed by atoms with Gasteiger partial charge in [0.05, 0.1) is 11.7 Å². The van der Waals surface area contributed by atoms with Gasteiger partial charge >= 0.3 is 0 Å². The average molecular weight is 401 g/mol. The van der Waals surface area contributed by atoms with E-state index in [9.17, 15) is 10.2 Å². The van der Waals surface area contributed by atoms with Crippen LogP contribution in [0, 0.1) is 23.2 Å². The molecular weight excluding hydrogens is 356 g/mol. The first-order valence-corrected chi connectivity index (χ1v) is 12.1. The fourth-order valence-corrected chi connectivity index (χ4v) is 6.70. The monoisotopic (exact) mass is 400 g/mol. The lowest BCUT2D eigenvalue weighted by molar-refractivity contribution is 0.0596. The quantitative estimate of drug-likeness (QED) is 0.518. The summed E-state index contributed by atoms with van der Waals surface area (Å²) in [5.41, 5.74) is 3.74. The lowest BCUT2D eigenvalue weighted by Crippen LogP contribution is -2.36. The van der Waals surface area contributed by atoms with Crippen molar-refractivity contribution in [2.75, 3.05) is 0 Å². The predicted octanol–water partition coefficient (Wildman–Crippen LogP) is 6.73. The summed E-state index contributed by atoms with van der Waals surface area (Å²) < 4.78 is 0. The topological polar surface area (TPSA) is 40.5 Å². The van der Waals surface area contributed by atoms with Crippen LogP contribution in [0.2, 0.25) is 0 Å². The number of aliphatic hydroxyl groups is 2. The third kappa shape index (κ3) is 5.25. The highest BCUT2D eigenvalue weighted by molar-refractivity contribution is 5.37. The molecule has 0 spiro atoms. The molecule has 0 heterocycles. The van der Waals surface area contributed by atoms with Crippen molar-refractivity contribution in [3.8, 4) is 0 Å². The van der Waals surface area contributed by atoms with Crippen LogP contribution in [0.4, 0.5) is 0 Å². The summed E-state index contributed by atoms with van der Waals surface area (Å²) in [6, 6.07) is 0. The van der Waals surface area contributed by atoms with Gasteiger partial charge in [0.1, 0.15) is 0 Å². The van der Waals surface area contributed by atoms with E-state index in [1.807, 2.05) is 13.8 Å². The Morgan fingerprint density at radius 1 is 1.17 bits per heavy atom. The molecule has 3 saturated carbocycles. The van der Waals surface area contributed by atoms with E-state index in [2.05, 4.69) is 32.6 Å². The Hall–Kier alpha value is -0.860. The predicted molar refractivity (Wildman–Crippen MR) is 123 cm³/mol. The Morgan fingerprint density at radius 2 is 1.93 bits per heavy atom. The number of hydrogen-bond donors (Lipinski definition) is 2. The molecule has 2 nitrogen and oxygen atoms in total. The number of rotatable bonds is 6. The molecule has 164 valence electrons. The summed E-state index contributed by atoms with van der Waals surface area (Å²) in [5, 5.41) is 20.2. The summed E-state index contributed by atoms with van der Waals surface area (Å²) in [6.07, 6.45) is 17.2. The number of fused-ring (bicyclic) bond motifs is 1. The molecule has 0 aliphatic heterocycles. The molecule has 29 heavy (non-hydrogen) atoms. The van der Waals surface area contributed by atoms with E-state index in [1.165, 1.54) is 44.1 Å². The molecule has 2 N–H and O–H groups in total. The van der Waals surface area contributed by atoms with Gasteiger partial charge in [-0.25, -0.2) is 0 Å². The van der Waals surface area contributed by atoms with Crippen LogP contribution in [0.3, 0.4) is 0 Å². The highest BCUT2D eigenvalue weighted by Crippen LogP contribution is 2.60. The number of allylic oxidation sites excluding steroid dienone is 3. The molecule has 3 aliphatic carbocycles. The lowest BCUT2D eigenvalue weighted by Gasteiger charge is -2.44. The van der Waals surface area contributed by atoms with Gasteiger partial charge in [-0.05, 0) is 106 Å². The summed E-state index contributed by atoms with van der Waals surface area (Å²) in [7, 11) is 0. The minimum atomic E-state index is -0.535. The Labute approximate surface area is 179 Å². The molecule has 3 aliphatic rings. The molecule has 2 heteroatoms. The zero-order valence-corrected chi connectivity index (χ0v) is 19.3. The first-order valence-electron chi connectivity index (χ1n) is 12.1. The van der Waals surface area contributed by atoms with E-state index in [0.717, 1.165) is 55.4 Å². The second-order valence-corrected chi connectivity index (χ2v) is 11.1. The van der Waals surface area contributed by atoms with Crippen molar-refractivity contribution >= 4 is 0 Å². The standard InChI is InChI=1S/C27H44O2/c1-19(9-7-17-26(3,4)29)23-15-16-24-22(11-8-18-27(23,24)5)14-13-21-10-6-12-25(28)20(21)2/h13-14,19,23-25,28-29H,2,6-12,15-18H2,1,3-5H3/b21-13-,22-14+/t19-,23?,24?,25?,27?/m1/s1. The van der Waals surface area contributed by atoms with Crippen molar-refractivity contribution in [1.29, 1.82) is 0 Å². The van der Waals surface area contributed by atoms with Crippen LogP contribution in [-0.4, -0.2) is 21.9 Å². The Kier molecular flexibility index (Phi) is 7.16. The van der Waals surface area contributed by atoms with E-state index < -0.39 is 5.60 Å². The van der Waals surface area contributed by atoms with E-state index in [0.29, 0.717) is 5.41 Å². The molecule has 0 bridgehead atoms. The SMILES string of the molecule is C=C1/C(=C\C=C2/CCCC3(C)C2CCC3[C@H](C)CCCC(C)(C)O)CCCC1O. The minimum absolute atomic E-state index is 0.342. The van der Waals surface area contributed by atoms with E-state index in [1.54, 1.807) is 5.57 Å². The van der Waals surface area contributed by atoms with Crippen molar-refractivity contribution < 1.29 is 10.2 Å². The van der Waals surface area contributed by atoms with E-state index >= 15 is 0 Å². The molecular formula is C27H44O2. The zero-order valence-electron chi connectivity index (χ0n) is 19.3. The van der Waals surface area contributed by atoms with E-state index in [4.69, 9.17) is 0 Å². The van der Waals surface area contributed by atoms with Gasteiger partial charge in [-0.2, -0.15) is 0 Å². The van der Waals surface area contributed by atoms with Gasteiger partial charge in [-0.3, -0.25) is 0 Å². The molecule has 0 saturated heterocycles. The third-order valence-electron chi connectivity index (χ3n) is 8.41. The van der Waals surface area contributed by atoms with Crippen LogP contribution in [-0.2, 0) is 0 Å². The normalized spacial score (nSPS) is 37.2. The molecule has 0 amide bonds. The van der Waals surface area contributed by atoms with Gasteiger partial charge in [0.25, 0.3) is 0 Å². The highest BCUT2D eigenvalue weighted by atomic mass is 16.3. The average Bonchev–Trinajstić information content (AvgIpc) is 2.99. The van der Waals surface area contributed by atoms with Gasteiger partial charge in [0, 0.05) is 0 Å². The van der Waals surface area contributed by atoms with Crippen LogP contribution in [0.25, 0.3) is 0 Å². The van der Waals surface area contributed by atoms with Crippen LogP contribution in [0.5, 0.6) is 0 Å². The first kappa shape index (κ1) is 22.8. The number of aliphatic hydroxyl groups excluding tert-OH is 1. The number of hydrogen-bond acceptors (Lipinski definition) is 2. The molecule has 0 aromatic carbocycles. The maximum atomic E-state index is 10.1. The third-order valence-corrected chi connectivity index (χ3v) is 8.41. The summed E-state index contributed by atoms with van der Waals surface area (Å²) in [4.78, 5) is 0. The van der Waals surface area contributed by atoms with Crippen molar-refractivity contribution in [3.63, 3.8) is 0 Å². The summed E-state index contributed by atoms with van der Waals surface area (Å²) in [5.74, 6) is 2.26. The second-order valence-electron chi connectivity index (χ2n) is 11.1. The van der Waals surface area contributed by atoms with Gasteiger partial charge in [-0.15, -0.1) is 0 Å². The fraction of sp³-hybridized carbons (Fsp3) is 0.778. The maximum absolute atomic E-state index is 10.1. The second kappa shape index (κ2) is 9.10. The van der Waals surface area contributed by atoms with Crippen molar-refractivity contribution in [3.05, 3.63) is 35.5 Å². The van der Waals surface area contributed by atoms with Crippen molar-refractivity contribution in [2.45, 2.75) is 110 Å². The van der Waals surface area contributed by atoms with Crippen LogP contribution < -0.4 is 0 Å². The molecule has 5 atom stereocenters. The minimum Gasteiger partial charge on any atom is -0.390 e. The van der Waals surface area contributed by atoms with Gasteiger partial charge in [-0.1, -0.05) is 51.0 Å². The molecule has 3 fully saturated rings. The Bertz CT molecular complexity index is 650. The molecule has 3 rings (SSSR count). The highest BCUT2D eigenvalue weighted by Gasteiger charge is 2.50. The first-order chi connectivity index (χ1) is 13.6. The molecule has 0 aromatic rings. The molecule has 0 radical (unpaired) electrons. The lowest BCUT2D eigenvalue weighted by atomic mass is 9.60. The van der Waals surface area contributed by atoms with Gasteiger partial charge in [0.2, 0.25) is 0 Å². The summed E-state index contributed by atoms with van der Waals surface area (Å²) >= 11 is 0. The Balaban J connectivity index is 1.68. The van der Waals surface area contributed by atoms with Crippen LogP contribution >= 0.6 is 0 Å².